The Hall–Kier alpha value is -0.860. The van der Waals surface area contributed by atoms with Crippen LogP contribution < -0.4 is 0 Å². The third-order valence-electron chi connectivity index (χ3n) is 3.79. The first-order valence-electron chi connectivity index (χ1n) is 6.57. The van der Waals surface area contributed by atoms with E-state index in [9.17, 15) is 9.59 Å². The van der Waals surface area contributed by atoms with Gasteiger partial charge in [0.25, 0.3) is 0 Å². The van der Waals surface area contributed by atoms with Gasteiger partial charge in [0.15, 0.2) is 0 Å². The first-order chi connectivity index (χ1) is 7.83. The minimum absolute atomic E-state index is 0.0891. The zero-order valence-electron chi connectivity index (χ0n) is 11.0. The summed E-state index contributed by atoms with van der Waals surface area (Å²) in [7, 11) is 0. The molecule has 2 saturated carbocycles. The van der Waals surface area contributed by atoms with Crippen LogP contribution in [0.2, 0.25) is 0 Å². The molecule has 0 spiro atoms. The number of rotatable bonds is 2. The molecule has 2 aliphatic rings. The molecule has 0 radical (unpaired) electrons. The summed E-state index contributed by atoms with van der Waals surface area (Å²) in [4.78, 5) is 23.0. The first-order valence-corrected chi connectivity index (χ1v) is 6.57. The van der Waals surface area contributed by atoms with Gasteiger partial charge in [-0.25, -0.2) is 0 Å². The largest absolute Gasteiger partial charge is 0.460 e. The second-order valence-corrected chi connectivity index (χ2v) is 6.60. The van der Waals surface area contributed by atoms with Gasteiger partial charge in [0.1, 0.15) is 11.4 Å². The highest BCUT2D eigenvalue weighted by Gasteiger charge is 2.41. The molecule has 0 amide bonds. The number of carbonyl (C=O) groups excluding carboxylic acids is 2. The predicted molar refractivity (Wildman–Crippen MR) is 64.4 cm³/mol. The maximum atomic E-state index is 11.7. The number of ketones is 1. The number of fused-ring (bicyclic) bond motifs is 1. The maximum Gasteiger partial charge on any atom is 0.306 e. The molecule has 0 aromatic rings. The van der Waals surface area contributed by atoms with Gasteiger partial charge < -0.3 is 4.74 Å². The molecule has 0 aromatic carbocycles. The van der Waals surface area contributed by atoms with Crippen LogP contribution in [0.15, 0.2) is 0 Å². The molecule has 0 aliphatic heterocycles. The van der Waals surface area contributed by atoms with E-state index in [-0.39, 0.29) is 11.6 Å². The van der Waals surface area contributed by atoms with Crippen LogP contribution in [0, 0.1) is 17.8 Å². The van der Waals surface area contributed by atoms with Gasteiger partial charge in [-0.05, 0) is 51.4 Å². The summed E-state index contributed by atoms with van der Waals surface area (Å²) in [5, 5.41) is 0. The molecule has 2 fully saturated rings. The summed E-state index contributed by atoms with van der Waals surface area (Å²) in [6, 6.07) is 0. The topological polar surface area (TPSA) is 43.4 Å². The molecule has 3 nitrogen and oxygen atoms in total. The number of Topliss-reactive ketones (excluding diaryl/α,β-unsaturated/α-hetero) is 1. The summed E-state index contributed by atoms with van der Waals surface area (Å²) in [5.41, 5.74) is -0.387. The Balaban J connectivity index is 1.79. The number of ether oxygens (including phenoxy) is 1. The number of carbonyl (C=O) groups is 2. The van der Waals surface area contributed by atoms with Crippen molar-refractivity contribution in [3.05, 3.63) is 0 Å². The molecule has 17 heavy (non-hydrogen) atoms. The Morgan fingerprint density at radius 3 is 2.24 bits per heavy atom. The molecule has 0 saturated heterocycles. The summed E-state index contributed by atoms with van der Waals surface area (Å²) < 4.78 is 5.34. The first kappa shape index (κ1) is 12.6. The van der Waals surface area contributed by atoms with Crippen LogP contribution in [0.1, 0.15) is 52.9 Å². The van der Waals surface area contributed by atoms with Crippen LogP contribution in [0.25, 0.3) is 0 Å². The third kappa shape index (κ3) is 3.30. The van der Waals surface area contributed by atoms with E-state index in [1.54, 1.807) is 0 Å². The summed E-state index contributed by atoms with van der Waals surface area (Å²) >= 11 is 0. The number of hydrogen-bond acceptors (Lipinski definition) is 3. The Labute approximate surface area is 103 Å². The van der Waals surface area contributed by atoms with Crippen LogP contribution in [0.3, 0.4) is 0 Å². The maximum absolute atomic E-state index is 11.7. The van der Waals surface area contributed by atoms with E-state index in [1.165, 1.54) is 0 Å². The zero-order valence-corrected chi connectivity index (χ0v) is 11.0. The second-order valence-electron chi connectivity index (χ2n) is 6.60. The van der Waals surface area contributed by atoms with Crippen molar-refractivity contribution in [1.82, 2.24) is 0 Å². The van der Waals surface area contributed by atoms with Crippen molar-refractivity contribution < 1.29 is 14.3 Å². The number of hydrogen-bond donors (Lipinski definition) is 0. The Morgan fingerprint density at radius 1 is 1.24 bits per heavy atom. The predicted octanol–water partition coefficient (Wildman–Crippen LogP) is 2.72. The summed E-state index contributed by atoms with van der Waals surface area (Å²) in [6.45, 7) is 5.69. The van der Waals surface area contributed by atoms with E-state index >= 15 is 0 Å². The average Bonchev–Trinajstić information content (AvgIpc) is 2.56. The van der Waals surface area contributed by atoms with Crippen molar-refractivity contribution in [3.63, 3.8) is 0 Å². The van der Waals surface area contributed by atoms with Crippen LogP contribution in [0.5, 0.6) is 0 Å². The van der Waals surface area contributed by atoms with Crippen molar-refractivity contribution >= 4 is 11.8 Å². The lowest BCUT2D eigenvalue weighted by molar-refractivity contribution is -0.155. The van der Waals surface area contributed by atoms with Crippen LogP contribution >= 0.6 is 0 Å². The van der Waals surface area contributed by atoms with Gasteiger partial charge in [-0.15, -0.1) is 0 Å². The average molecular weight is 238 g/mol. The van der Waals surface area contributed by atoms with Crippen molar-refractivity contribution in [2.24, 2.45) is 17.8 Å². The molecule has 0 unspecified atom stereocenters. The minimum Gasteiger partial charge on any atom is -0.460 e. The molecule has 2 atom stereocenters. The molecule has 0 heterocycles. The third-order valence-corrected chi connectivity index (χ3v) is 3.79. The Morgan fingerprint density at radius 2 is 1.76 bits per heavy atom. The van der Waals surface area contributed by atoms with Gasteiger partial charge in [0.2, 0.25) is 0 Å². The zero-order chi connectivity index (χ0) is 12.6. The van der Waals surface area contributed by atoms with Crippen LogP contribution in [-0.2, 0) is 14.3 Å². The van der Waals surface area contributed by atoms with Crippen molar-refractivity contribution in [3.8, 4) is 0 Å². The molecular formula is C14H22O3. The molecule has 2 aliphatic carbocycles. The van der Waals surface area contributed by atoms with E-state index < -0.39 is 0 Å². The molecule has 2 rings (SSSR count). The van der Waals surface area contributed by atoms with Crippen molar-refractivity contribution in [1.29, 1.82) is 0 Å². The fourth-order valence-corrected chi connectivity index (χ4v) is 3.29. The SMILES string of the molecule is CC(C)(C)OC(=O)CC1C[C@@H]2CC(=O)C[C@H]2C1. The molecule has 0 N–H and O–H groups in total. The van der Waals surface area contributed by atoms with E-state index in [4.69, 9.17) is 4.74 Å². The monoisotopic (exact) mass is 238 g/mol. The summed E-state index contributed by atoms with van der Waals surface area (Å²) in [5.74, 6) is 1.86. The van der Waals surface area contributed by atoms with Gasteiger partial charge in [-0.3, -0.25) is 9.59 Å². The van der Waals surface area contributed by atoms with E-state index in [0.29, 0.717) is 30.0 Å². The molecule has 96 valence electrons. The van der Waals surface area contributed by atoms with E-state index in [2.05, 4.69) is 0 Å². The lowest BCUT2D eigenvalue weighted by Gasteiger charge is -2.20. The minimum atomic E-state index is -0.387. The van der Waals surface area contributed by atoms with Crippen LogP contribution in [-0.4, -0.2) is 17.4 Å². The van der Waals surface area contributed by atoms with Gasteiger partial charge in [0.05, 0.1) is 0 Å². The van der Waals surface area contributed by atoms with Crippen LogP contribution in [0.4, 0.5) is 0 Å². The van der Waals surface area contributed by atoms with E-state index in [0.717, 1.165) is 25.7 Å². The number of esters is 1. The lowest BCUT2D eigenvalue weighted by atomic mass is 9.99. The Bertz CT molecular complexity index is 311. The highest BCUT2D eigenvalue weighted by atomic mass is 16.6. The second kappa shape index (κ2) is 4.43. The fourth-order valence-electron chi connectivity index (χ4n) is 3.29. The van der Waals surface area contributed by atoms with Gasteiger partial charge in [0, 0.05) is 19.3 Å². The fraction of sp³-hybridized carbons (Fsp3) is 0.857. The van der Waals surface area contributed by atoms with Gasteiger partial charge in [-0.2, -0.15) is 0 Å². The smallest absolute Gasteiger partial charge is 0.306 e. The molecule has 3 heteroatoms. The van der Waals surface area contributed by atoms with Gasteiger partial charge >= 0.3 is 5.97 Å². The molecule has 0 aromatic heterocycles. The lowest BCUT2D eigenvalue weighted by Crippen LogP contribution is -2.25. The highest BCUT2D eigenvalue weighted by Crippen LogP contribution is 2.46. The molecular weight excluding hydrogens is 216 g/mol. The van der Waals surface area contributed by atoms with Crippen molar-refractivity contribution in [2.75, 3.05) is 0 Å². The highest BCUT2D eigenvalue weighted by molar-refractivity contribution is 5.81. The Kier molecular flexibility index (Phi) is 3.28. The standard InChI is InChI=1S/C14H22O3/c1-14(2,3)17-13(16)6-9-4-10-7-12(15)8-11(10)5-9/h9-11H,4-8H2,1-3H3/t10-,11-/m1/s1. The quantitative estimate of drug-likeness (QED) is 0.695. The summed E-state index contributed by atoms with van der Waals surface area (Å²) in [6.07, 6.45) is 4.09. The normalized spacial score (nSPS) is 29.5. The van der Waals surface area contributed by atoms with E-state index in [1.807, 2.05) is 20.8 Å². The van der Waals surface area contributed by atoms with Crippen molar-refractivity contribution in [2.45, 2.75) is 58.5 Å². The van der Waals surface area contributed by atoms with Gasteiger partial charge in [-0.1, -0.05) is 0 Å². The molecule has 0 bridgehead atoms.